The molecule has 104 valence electrons. The number of amides is 1. The van der Waals surface area contributed by atoms with Crippen LogP contribution in [0.2, 0.25) is 0 Å². The fourth-order valence-electron chi connectivity index (χ4n) is 2.20. The maximum atomic E-state index is 11.9. The van der Waals surface area contributed by atoms with Crippen molar-refractivity contribution in [1.29, 1.82) is 0 Å². The molecule has 0 aliphatic carbocycles. The van der Waals surface area contributed by atoms with Crippen LogP contribution in [-0.4, -0.2) is 40.6 Å². The van der Waals surface area contributed by atoms with E-state index >= 15 is 0 Å². The van der Waals surface area contributed by atoms with Gasteiger partial charge in [0.25, 0.3) is 0 Å². The lowest BCUT2D eigenvalue weighted by Gasteiger charge is -2.14. The summed E-state index contributed by atoms with van der Waals surface area (Å²) in [5.41, 5.74) is 0.873. The highest BCUT2D eigenvalue weighted by molar-refractivity contribution is 5.87. The molecule has 0 bridgehead atoms. The summed E-state index contributed by atoms with van der Waals surface area (Å²) in [5.74, 6) is 0.0394. The lowest BCUT2D eigenvalue weighted by molar-refractivity contribution is -0.125. The number of aromatic nitrogens is 1. The Balaban J connectivity index is 1.55. The molecule has 7 heteroatoms. The van der Waals surface area contributed by atoms with E-state index in [1.807, 2.05) is 17.0 Å². The van der Waals surface area contributed by atoms with Crippen molar-refractivity contribution in [1.82, 2.24) is 14.9 Å². The summed E-state index contributed by atoms with van der Waals surface area (Å²) in [6, 6.07) is 3.76. The number of nitrogens with zero attached hydrogens (tertiary/aromatic N) is 6. The summed E-state index contributed by atoms with van der Waals surface area (Å²) in [7, 11) is 0. The average molecular weight is 272 g/mol. The van der Waals surface area contributed by atoms with Crippen LogP contribution in [0.3, 0.4) is 0 Å². The number of carbonyl (C=O) groups excluding carboxylic acids is 1. The van der Waals surface area contributed by atoms with Crippen LogP contribution in [0.5, 0.6) is 0 Å². The van der Waals surface area contributed by atoms with Crippen LogP contribution < -0.4 is 5.01 Å². The van der Waals surface area contributed by atoms with E-state index in [4.69, 9.17) is 0 Å². The van der Waals surface area contributed by atoms with Gasteiger partial charge in [-0.05, 0) is 35.4 Å². The Hall–Kier alpha value is -2.44. The number of anilines is 1. The molecule has 0 N–H and O–H groups in total. The number of pyridine rings is 1. The highest BCUT2D eigenvalue weighted by Crippen LogP contribution is 2.18. The van der Waals surface area contributed by atoms with E-state index < -0.39 is 0 Å². The molecule has 1 aromatic rings. The van der Waals surface area contributed by atoms with Gasteiger partial charge in [0, 0.05) is 31.6 Å². The minimum atomic E-state index is 0.0394. The molecule has 1 aromatic heterocycles. The van der Waals surface area contributed by atoms with E-state index in [-0.39, 0.29) is 5.91 Å². The Labute approximate surface area is 117 Å². The van der Waals surface area contributed by atoms with Crippen molar-refractivity contribution >= 4 is 11.6 Å². The molecule has 0 radical (unpaired) electrons. The molecular formula is C13H16N6O. The van der Waals surface area contributed by atoms with Gasteiger partial charge in [-0.2, -0.15) is 0 Å². The first-order valence-electron chi connectivity index (χ1n) is 6.66. The summed E-state index contributed by atoms with van der Waals surface area (Å²) < 4.78 is 0. The second-order valence-corrected chi connectivity index (χ2v) is 4.72. The fourth-order valence-corrected chi connectivity index (χ4v) is 2.20. The first-order valence-corrected chi connectivity index (χ1v) is 6.66. The third-order valence-electron chi connectivity index (χ3n) is 3.29. The van der Waals surface area contributed by atoms with Crippen LogP contribution >= 0.6 is 0 Å². The Morgan fingerprint density at radius 3 is 2.85 bits per heavy atom. The summed E-state index contributed by atoms with van der Waals surface area (Å²) >= 11 is 0. The normalized spacial score (nSPS) is 18.5. The Morgan fingerprint density at radius 1 is 1.25 bits per heavy atom. The summed E-state index contributed by atoms with van der Waals surface area (Å²) in [6.07, 6.45) is 8.85. The van der Waals surface area contributed by atoms with Crippen LogP contribution in [0.25, 0.3) is 0 Å². The van der Waals surface area contributed by atoms with Crippen molar-refractivity contribution in [3.63, 3.8) is 0 Å². The van der Waals surface area contributed by atoms with E-state index in [1.165, 1.54) is 0 Å². The van der Waals surface area contributed by atoms with E-state index in [1.54, 1.807) is 34.7 Å². The molecule has 2 aliphatic heterocycles. The van der Waals surface area contributed by atoms with E-state index in [9.17, 15) is 4.79 Å². The summed E-state index contributed by atoms with van der Waals surface area (Å²) in [4.78, 5) is 17.8. The van der Waals surface area contributed by atoms with Crippen molar-refractivity contribution < 1.29 is 4.79 Å². The second kappa shape index (κ2) is 5.68. The molecule has 3 rings (SSSR count). The minimum absolute atomic E-state index is 0.0394. The molecule has 1 saturated heterocycles. The van der Waals surface area contributed by atoms with Gasteiger partial charge >= 0.3 is 0 Å². The third-order valence-corrected chi connectivity index (χ3v) is 3.29. The van der Waals surface area contributed by atoms with Crippen molar-refractivity contribution in [2.24, 2.45) is 10.4 Å². The first-order chi connectivity index (χ1) is 9.83. The molecule has 0 aromatic carbocycles. The van der Waals surface area contributed by atoms with Gasteiger partial charge in [0.1, 0.15) is 6.67 Å². The van der Waals surface area contributed by atoms with E-state index in [0.717, 1.165) is 31.6 Å². The van der Waals surface area contributed by atoms with Crippen molar-refractivity contribution in [3.8, 4) is 0 Å². The van der Waals surface area contributed by atoms with E-state index in [2.05, 4.69) is 15.4 Å². The SMILES string of the molecule is O=C(/C=C/N1CN(c2cccnc2)N=N1)N1CCCC1. The van der Waals surface area contributed by atoms with Gasteiger partial charge in [0.15, 0.2) is 0 Å². The lowest BCUT2D eigenvalue weighted by atomic mass is 10.4. The molecule has 1 fully saturated rings. The van der Waals surface area contributed by atoms with Crippen LogP contribution in [-0.2, 0) is 4.79 Å². The van der Waals surface area contributed by atoms with Gasteiger partial charge in [-0.3, -0.25) is 9.78 Å². The minimum Gasteiger partial charge on any atom is -0.339 e. The zero-order valence-electron chi connectivity index (χ0n) is 11.1. The van der Waals surface area contributed by atoms with Crippen LogP contribution in [0.4, 0.5) is 5.69 Å². The maximum absolute atomic E-state index is 11.9. The molecular weight excluding hydrogens is 256 g/mol. The predicted octanol–water partition coefficient (Wildman–Crippen LogP) is 1.58. The topological polar surface area (TPSA) is 64.4 Å². The van der Waals surface area contributed by atoms with Crippen molar-refractivity contribution in [2.75, 3.05) is 24.8 Å². The molecule has 1 amide bonds. The van der Waals surface area contributed by atoms with Gasteiger partial charge in [0.2, 0.25) is 5.91 Å². The predicted molar refractivity (Wildman–Crippen MR) is 73.2 cm³/mol. The fraction of sp³-hybridized carbons (Fsp3) is 0.385. The largest absolute Gasteiger partial charge is 0.339 e. The Kier molecular flexibility index (Phi) is 3.58. The van der Waals surface area contributed by atoms with E-state index in [0.29, 0.717) is 6.67 Å². The standard InChI is InChI=1S/C13H16N6O/c20-13(17-7-1-2-8-17)5-9-18-11-19(16-15-18)12-4-3-6-14-10-12/h3-6,9-10H,1-2,7-8,11H2/b9-5+. The monoisotopic (exact) mass is 272 g/mol. The van der Waals surface area contributed by atoms with Gasteiger partial charge < -0.3 is 4.90 Å². The molecule has 0 saturated carbocycles. The molecule has 0 spiro atoms. The van der Waals surface area contributed by atoms with Gasteiger partial charge in [-0.25, -0.2) is 10.0 Å². The number of hydrogen-bond donors (Lipinski definition) is 0. The number of hydrogen-bond acceptors (Lipinski definition) is 6. The van der Waals surface area contributed by atoms with Crippen LogP contribution in [0.15, 0.2) is 47.2 Å². The summed E-state index contributed by atoms with van der Waals surface area (Å²) in [6.45, 7) is 2.19. The number of rotatable bonds is 3. The smallest absolute Gasteiger partial charge is 0.248 e. The zero-order valence-corrected chi connectivity index (χ0v) is 11.1. The molecule has 3 heterocycles. The molecule has 0 unspecified atom stereocenters. The quantitative estimate of drug-likeness (QED) is 0.784. The zero-order chi connectivity index (χ0) is 13.8. The lowest BCUT2D eigenvalue weighted by Crippen LogP contribution is -2.26. The molecule has 7 nitrogen and oxygen atoms in total. The third kappa shape index (κ3) is 2.76. The van der Waals surface area contributed by atoms with Crippen LogP contribution in [0.1, 0.15) is 12.8 Å². The second-order valence-electron chi connectivity index (χ2n) is 4.72. The van der Waals surface area contributed by atoms with Gasteiger partial charge in [-0.1, -0.05) is 0 Å². The van der Waals surface area contributed by atoms with Crippen molar-refractivity contribution in [3.05, 3.63) is 36.8 Å². The van der Waals surface area contributed by atoms with Gasteiger partial charge in [-0.15, -0.1) is 0 Å². The maximum Gasteiger partial charge on any atom is 0.248 e. The first kappa shape index (κ1) is 12.6. The Morgan fingerprint density at radius 2 is 2.10 bits per heavy atom. The number of carbonyl (C=O) groups is 1. The number of likely N-dealkylation sites (tertiary alicyclic amines) is 1. The highest BCUT2D eigenvalue weighted by Gasteiger charge is 2.18. The van der Waals surface area contributed by atoms with Crippen LogP contribution in [0, 0.1) is 0 Å². The average Bonchev–Trinajstić information content (AvgIpc) is 3.17. The summed E-state index contributed by atoms with van der Waals surface area (Å²) in [5, 5.41) is 11.4. The molecule has 20 heavy (non-hydrogen) atoms. The molecule has 2 aliphatic rings. The highest BCUT2D eigenvalue weighted by atomic mass is 16.2. The molecule has 0 atom stereocenters. The Bertz CT molecular complexity index is 523. The van der Waals surface area contributed by atoms with Crippen molar-refractivity contribution in [2.45, 2.75) is 12.8 Å². The van der Waals surface area contributed by atoms with Gasteiger partial charge in [0.05, 0.1) is 11.9 Å².